The quantitative estimate of drug-likeness (QED) is 0.729. The molecule has 2 saturated heterocycles. The van der Waals surface area contributed by atoms with Crippen LogP contribution in [-0.4, -0.2) is 47.9 Å². The highest BCUT2D eigenvalue weighted by Crippen LogP contribution is 2.22. The summed E-state index contributed by atoms with van der Waals surface area (Å²) < 4.78 is 0. The van der Waals surface area contributed by atoms with Crippen molar-refractivity contribution in [3.8, 4) is 0 Å². The summed E-state index contributed by atoms with van der Waals surface area (Å²) in [6.45, 7) is 8.58. The molecule has 0 aromatic heterocycles. The molecule has 0 spiro atoms. The Morgan fingerprint density at radius 3 is 2.50 bits per heavy atom. The Bertz CT molecular complexity index is 246. The Hall–Kier alpha value is -0.570. The number of hydrogen-bond acceptors (Lipinski definition) is 2. The Morgan fingerprint density at radius 1 is 1.19 bits per heavy atom. The standard InChI is InChI=1S/C13H24N2O/c1-11(2)13(16)15-9-5-6-12(15)10-14-7-3-4-8-14/h11-12H,3-10H2,1-2H3/t12-/m0/s1. The van der Waals surface area contributed by atoms with Crippen LogP contribution < -0.4 is 0 Å². The number of amides is 1. The van der Waals surface area contributed by atoms with Crippen molar-refractivity contribution in [1.82, 2.24) is 9.80 Å². The molecule has 0 aromatic carbocycles. The molecule has 0 unspecified atom stereocenters. The zero-order valence-electron chi connectivity index (χ0n) is 10.6. The topological polar surface area (TPSA) is 23.6 Å². The van der Waals surface area contributed by atoms with Gasteiger partial charge in [0, 0.05) is 25.0 Å². The van der Waals surface area contributed by atoms with Gasteiger partial charge in [0.25, 0.3) is 0 Å². The zero-order valence-corrected chi connectivity index (χ0v) is 10.6. The van der Waals surface area contributed by atoms with Crippen LogP contribution in [0.4, 0.5) is 0 Å². The molecular weight excluding hydrogens is 200 g/mol. The number of carbonyl (C=O) groups excluding carboxylic acids is 1. The number of likely N-dealkylation sites (tertiary alicyclic amines) is 2. The molecule has 2 aliphatic heterocycles. The maximum atomic E-state index is 12.0. The molecule has 1 amide bonds. The van der Waals surface area contributed by atoms with Gasteiger partial charge in [0.1, 0.15) is 0 Å². The summed E-state index contributed by atoms with van der Waals surface area (Å²) in [5.41, 5.74) is 0. The van der Waals surface area contributed by atoms with E-state index in [9.17, 15) is 4.79 Å². The molecule has 1 atom stereocenters. The van der Waals surface area contributed by atoms with Crippen LogP contribution in [0.3, 0.4) is 0 Å². The fourth-order valence-corrected chi connectivity index (χ4v) is 2.91. The summed E-state index contributed by atoms with van der Waals surface area (Å²) in [5.74, 6) is 0.501. The van der Waals surface area contributed by atoms with E-state index < -0.39 is 0 Å². The molecule has 0 radical (unpaired) electrons. The third kappa shape index (κ3) is 2.57. The van der Waals surface area contributed by atoms with Crippen molar-refractivity contribution in [3.05, 3.63) is 0 Å². The lowest BCUT2D eigenvalue weighted by atomic mass is 10.1. The second-order valence-electron chi connectivity index (χ2n) is 5.49. The van der Waals surface area contributed by atoms with E-state index in [1.165, 1.54) is 38.8 Å². The van der Waals surface area contributed by atoms with Crippen molar-refractivity contribution >= 4 is 5.91 Å². The van der Waals surface area contributed by atoms with Crippen LogP contribution in [0.25, 0.3) is 0 Å². The first-order valence-corrected chi connectivity index (χ1v) is 6.71. The molecule has 3 heteroatoms. The number of rotatable bonds is 3. The van der Waals surface area contributed by atoms with Crippen molar-refractivity contribution in [2.24, 2.45) is 5.92 Å². The van der Waals surface area contributed by atoms with Gasteiger partial charge in [0.2, 0.25) is 5.91 Å². The van der Waals surface area contributed by atoms with Crippen molar-refractivity contribution in [1.29, 1.82) is 0 Å². The molecule has 92 valence electrons. The normalized spacial score (nSPS) is 26.9. The smallest absolute Gasteiger partial charge is 0.225 e. The lowest BCUT2D eigenvalue weighted by Gasteiger charge is -2.29. The molecule has 0 aliphatic carbocycles. The van der Waals surface area contributed by atoms with E-state index >= 15 is 0 Å². The molecule has 2 fully saturated rings. The van der Waals surface area contributed by atoms with Gasteiger partial charge in [0.15, 0.2) is 0 Å². The summed E-state index contributed by atoms with van der Waals surface area (Å²) in [6, 6.07) is 0.494. The van der Waals surface area contributed by atoms with Crippen LogP contribution in [0.15, 0.2) is 0 Å². The Balaban J connectivity index is 1.89. The van der Waals surface area contributed by atoms with E-state index in [0.29, 0.717) is 11.9 Å². The van der Waals surface area contributed by atoms with Crippen LogP contribution in [-0.2, 0) is 4.79 Å². The second kappa shape index (κ2) is 5.17. The molecule has 0 bridgehead atoms. The van der Waals surface area contributed by atoms with Crippen LogP contribution in [0, 0.1) is 5.92 Å². The van der Waals surface area contributed by atoms with Crippen molar-refractivity contribution in [3.63, 3.8) is 0 Å². The lowest BCUT2D eigenvalue weighted by molar-refractivity contribution is -0.135. The number of hydrogen-bond donors (Lipinski definition) is 0. The van der Waals surface area contributed by atoms with Crippen LogP contribution in [0.2, 0.25) is 0 Å². The average molecular weight is 224 g/mol. The van der Waals surface area contributed by atoms with Gasteiger partial charge in [-0.1, -0.05) is 13.8 Å². The SMILES string of the molecule is CC(C)C(=O)N1CCC[C@H]1CN1CCCC1. The minimum atomic E-state index is 0.152. The van der Waals surface area contributed by atoms with Crippen LogP contribution in [0.5, 0.6) is 0 Å². The van der Waals surface area contributed by atoms with E-state index in [-0.39, 0.29) is 5.92 Å². The summed E-state index contributed by atoms with van der Waals surface area (Å²) >= 11 is 0. The van der Waals surface area contributed by atoms with E-state index in [2.05, 4.69) is 9.80 Å². The average Bonchev–Trinajstić information content (AvgIpc) is 2.88. The third-order valence-corrected chi connectivity index (χ3v) is 3.82. The van der Waals surface area contributed by atoms with Crippen molar-refractivity contribution < 1.29 is 4.79 Å². The van der Waals surface area contributed by atoms with E-state index in [4.69, 9.17) is 0 Å². The number of carbonyl (C=O) groups is 1. The van der Waals surface area contributed by atoms with E-state index in [1.54, 1.807) is 0 Å². The highest BCUT2D eigenvalue weighted by atomic mass is 16.2. The predicted molar refractivity (Wildman–Crippen MR) is 65.2 cm³/mol. The van der Waals surface area contributed by atoms with E-state index in [1.807, 2.05) is 13.8 Å². The predicted octanol–water partition coefficient (Wildman–Crippen LogP) is 1.73. The van der Waals surface area contributed by atoms with Crippen molar-refractivity contribution in [2.75, 3.05) is 26.2 Å². The van der Waals surface area contributed by atoms with Gasteiger partial charge in [-0.25, -0.2) is 0 Å². The third-order valence-electron chi connectivity index (χ3n) is 3.82. The second-order valence-corrected chi connectivity index (χ2v) is 5.49. The molecule has 0 saturated carbocycles. The van der Waals surface area contributed by atoms with Gasteiger partial charge < -0.3 is 9.80 Å². The molecule has 3 nitrogen and oxygen atoms in total. The highest BCUT2D eigenvalue weighted by molar-refractivity contribution is 5.78. The van der Waals surface area contributed by atoms with Gasteiger partial charge in [-0.05, 0) is 38.8 Å². The maximum absolute atomic E-state index is 12.0. The molecule has 2 rings (SSSR count). The summed E-state index contributed by atoms with van der Waals surface area (Å²) in [4.78, 5) is 16.7. The van der Waals surface area contributed by atoms with Crippen molar-refractivity contribution in [2.45, 2.75) is 45.6 Å². The Labute approximate surface area is 98.8 Å². The van der Waals surface area contributed by atoms with Gasteiger partial charge in [0.05, 0.1) is 0 Å². The molecule has 2 heterocycles. The molecule has 2 aliphatic rings. The fourth-order valence-electron chi connectivity index (χ4n) is 2.91. The highest BCUT2D eigenvalue weighted by Gasteiger charge is 2.31. The van der Waals surface area contributed by atoms with Gasteiger partial charge in [-0.3, -0.25) is 4.79 Å². The molecule has 16 heavy (non-hydrogen) atoms. The minimum Gasteiger partial charge on any atom is -0.338 e. The first-order valence-electron chi connectivity index (χ1n) is 6.71. The van der Waals surface area contributed by atoms with Gasteiger partial charge in [-0.2, -0.15) is 0 Å². The zero-order chi connectivity index (χ0) is 11.5. The molecule has 0 aromatic rings. The van der Waals surface area contributed by atoms with E-state index in [0.717, 1.165) is 13.1 Å². The lowest BCUT2D eigenvalue weighted by Crippen LogP contribution is -2.44. The molecular formula is C13H24N2O. The van der Waals surface area contributed by atoms with Crippen LogP contribution >= 0.6 is 0 Å². The summed E-state index contributed by atoms with van der Waals surface area (Å²) in [5, 5.41) is 0. The fraction of sp³-hybridized carbons (Fsp3) is 0.923. The van der Waals surface area contributed by atoms with Gasteiger partial charge in [-0.15, -0.1) is 0 Å². The maximum Gasteiger partial charge on any atom is 0.225 e. The number of nitrogens with zero attached hydrogens (tertiary/aromatic N) is 2. The summed E-state index contributed by atoms with van der Waals surface area (Å²) in [7, 11) is 0. The molecule has 0 N–H and O–H groups in total. The summed E-state index contributed by atoms with van der Waals surface area (Å²) in [6.07, 6.45) is 5.07. The Kier molecular flexibility index (Phi) is 3.85. The van der Waals surface area contributed by atoms with Gasteiger partial charge >= 0.3 is 0 Å². The monoisotopic (exact) mass is 224 g/mol. The Morgan fingerprint density at radius 2 is 1.88 bits per heavy atom. The van der Waals surface area contributed by atoms with Crippen LogP contribution in [0.1, 0.15) is 39.5 Å². The largest absolute Gasteiger partial charge is 0.338 e. The first-order chi connectivity index (χ1) is 7.68. The minimum absolute atomic E-state index is 0.152. The first kappa shape index (κ1) is 11.9.